The first-order chi connectivity index (χ1) is 13.2. The van der Waals surface area contributed by atoms with Crippen molar-refractivity contribution in [2.24, 2.45) is 5.10 Å². The molecule has 0 radical (unpaired) electrons. The number of hydrazone groups is 1. The van der Waals surface area contributed by atoms with Gasteiger partial charge in [0.2, 0.25) is 0 Å². The molecule has 0 spiro atoms. The molecule has 1 aliphatic heterocycles. The van der Waals surface area contributed by atoms with Gasteiger partial charge in [-0.15, -0.1) is 10.6 Å². The smallest absolute Gasteiger partial charge is 0.177 e. The number of ether oxygens (including phenoxy) is 1. The third-order valence-corrected chi connectivity index (χ3v) is 4.87. The summed E-state index contributed by atoms with van der Waals surface area (Å²) < 4.78 is 7.78. The molecule has 0 aliphatic carbocycles. The van der Waals surface area contributed by atoms with Gasteiger partial charge in [-0.1, -0.05) is 42.5 Å². The Balaban J connectivity index is 1.61. The Kier molecular flexibility index (Phi) is 4.66. The molecule has 0 saturated heterocycles. The fourth-order valence-electron chi connectivity index (χ4n) is 3.01. The van der Waals surface area contributed by atoms with Crippen molar-refractivity contribution in [3.63, 3.8) is 0 Å². The SMILES string of the molecule is COc1ccc(CN2NNN=C2c2c[nH]n(-c3ccccc3C)c2=S)cc1. The summed E-state index contributed by atoms with van der Waals surface area (Å²) in [6, 6.07) is 16.0. The maximum Gasteiger partial charge on any atom is 0.177 e. The molecular formula is C19H20N6OS. The fraction of sp³-hybridized carbons (Fsp3) is 0.158. The van der Waals surface area contributed by atoms with Crippen LogP contribution < -0.4 is 15.8 Å². The number of aromatic amines is 1. The highest BCUT2D eigenvalue weighted by Gasteiger charge is 2.22. The minimum absolute atomic E-state index is 0.625. The number of H-pyrrole nitrogens is 1. The summed E-state index contributed by atoms with van der Waals surface area (Å²) >= 11 is 5.71. The van der Waals surface area contributed by atoms with Gasteiger partial charge in [0.25, 0.3) is 0 Å². The lowest BCUT2D eigenvalue weighted by atomic mass is 10.2. The van der Waals surface area contributed by atoms with Crippen LogP contribution >= 0.6 is 12.2 Å². The Labute approximate surface area is 162 Å². The van der Waals surface area contributed by atoms with Crippen molar-refractivity contribution in [1.82, 2.24) is 25.9 Å². The van der Waals surface area contributed by atoms with Crippen molar-refractivity contribution in [1.29, 1.82) is 0 Å². The van der Waals surface area contributed by atoms with Crippen LogP contribution in [0, 0.1) is 11.6 Å². The molecule has 2 heterocycles. The van der Waals surface area contributed by atoms with Crippen LogP contribution in [-0.4, -0.2) is 27.7 Å². The summed E-state index contributed by atoms with van der Waals surface area (Å²) in [7, 11) is 1.66. The average molecular weight is 380 g/mol. The molecule has 0 unspecified atom stereocenters. The van der Waals surface area contributed by atoms with Crippen molar-refractivity contribution >= 4 is 18.1 Å². The van der Waals surface area contributed by atoms with Gasteiger partial charge in [0.1, 0.15) is 10.4 Å². The maximum absolute atomic E-state index is 5.71. The van der Waals surface area contributed by atoms with Crippen molar-refractivity contribution in [2.45, 2.75) is 13.5 Å². The van der Waals surface area contributed by atoms with Gasteiger partial charge >= 0.3 is 0 Å². The fourth-order valence-corrected chi connectivity index (χ4v) is 3.31. The molecule has 3 N–H and O–H groups in total. The van der Waals surface area contributed by atoms with Gasteiger partial charge in [0.05, 0.1) is 24.9 Å². The van der Waals surface area contributed by atoms with Gasteiger partial charge < -0.3 is 4.74 Å². The predicted molar refractivity (Wildman–Crippen MR) is 107 cm³/mol. The number of aromatic nitrogens is 2. The first-order valence-electron chi connectivity index (χ1n) is 8.53. The molecule has 0 bridgehead atoms. The topological polar surface area (TPSA) is 69.6 Å². The number of methoxy groups -OCH3 is 1. The summed E-state index contributed by atoms with van der Waals surface area (Å²) in [6.45, 7) is 2.68. The number of nitrogens with zero attached hydrogens (tertiary/aromatic N) is 3. The van der Waals surface area contributed by atoms with Gasteiger partial charge in [-0.25, -0.2) is 10.2 Å². The number of benzene rings is 2. The molecule has 4 rings (SSSR count). The van der Waals surface area contributed by atoms with Crippen LogP contribution in [0.25, 0.3) is 5.69 Å². The monoisotopic (exact) mass is 380 g/mol. The quantitative estimate of drug-likeness (QED) is 0.594. The summed E-state index contributed by atoms with van der Waals surface area (Å²) in [5.74, 6) is 1.57. The van der Waals surface area contributed by atoms with Gasteiger partial charge in [0.15, 0.2) is 5.84 Å². The summed E-state index contributed by atoms with van der Waals surface area (Å²) in [5, 5.41) is 9.52. The number of para-hydroxylation sites is 1. The molecule has 7 nitrogen and oxygen atoms in total. The first-order valence-corrected chi connectivity index (χ1v) is 8.94. The van der Waals surface area contributed by atoms with Crippen LogP contribution in [0.4, 0.5) is 0 Å². The van der Waals surface area contributed by atoms with E-state index in [2.05, 4.69) is 34.3 Å². The summed E-state index contributed by atoms with van der Waals surface area (Å²) in [5.41, 5.74) is 10.00. The number of rotatable bonds is 5. The molecule has 1 aromatic heterocycles. The number of hydrazine groups is 2. The molecule has 8 heteroatoms. The van der Waals surface area contributed by atoms with Gasteiger partial charge in [-0.3, -0.25) is 10.1 Å². The first kappa shape index (κ1) is 17.3. The van der Waals surface area contributed by atoms with Crippen LogP contribution in [0.5, 0.6) is 5.75 Å². The zero-order valence-electron chi connectivity index (χ0n) is 15.1. The minimum Gasteiger partial charge on any atom is -0.497 e. The standard InChI is InChI=1S/C19H20N6OS/c1-13-5-3-4-6-17(13)25-19(27)16(11-20-25)18-21-22-23-24(18)12-14-7-9-15(26-2)10-8-14/h3-11,20,22-23H,12H2,1-2H3. The van der Waals surface area contributed by atoms with E-state index < -0.39 is 0 Å². The molecule has 1 aliphatic rings. The Morgan fingerprint density at radius 3 is 2.63 bits per heavy atom. The van der Waals surface area contributed by atoms with Crippen LogP contribution in [0.2, 0.25) is 0 Å². The Bertz CT molecular complexity index is 1040. The third-order valence-electron chi connectivity index (χ3n) is 4.47. The Morgan fingerprint density at radius 2 is 1.89 bits per heavy atom. The second kappa shape index (κ2) is 7.26. The van der Waals surface area contributed by atoms with Crippen LogP contribution in [-0.2, 0) is 6.54 Å². The lowest BCUT2D eigenvalue weighted by Crippen LogP contribution is -2.40. The Morgan fingerprint density at radius 1 is 1.11 bits per heavy atom. The largest absolute Gasteiger partial charge is 0.497 e. The van der Waals surface area contributed by atoms with Gasteiger partial charge in [0, 0.05) is 6.20 Å². The zero-order valence-corrected chi connectivity index (χ0v) is 15.9. The van der Waals surface area contributed by atoms with E-state index in [0.717, 1.165) is 34.0 Å². The molecule has 0 atom stereocenters. The second-order valence-electron chi connectivity index (χ2n) is 6.21. The Hall–Kier alpha value is -3.10. The van der Waals surface area contributed by atoms with Crippen molar-refractivity contribution in [3.8, 4) is 11.4 Å². The van der Waals surface area contributed by atoms with E-state index in [-0.39, 0.29) is 0 Å². The second-order valence-corrected chi connectivity index (χ2v) is 6.59. The van der Waals surface area contributed by atoms with Crippen LogP contribution in [0.3, 0.4) is 0 Å². The molecule has 27 heavy (non-hydrogen) atoms. The highest BCUT2D eigenvalue weighted by molar-refractivity contribution is 7.71. The molecule has 2 aromatic carbocycles. The number of hydrogen-bond donors (Lipinski definition) is 3. The van der Waals surface area contributed by atoms with Crippen molar-refractivity contribution in [2.75, 3.05) is 7.11 Å². The molecule has 3 aromatic rings. The van der Waals surface area contributed by atoms with Crippen molar-refractivity contribution < 1.29 is 4.74 Å². The lowest BCUT2D eigenvalue weighted by Gasteiger charge is -2.18. The number of amidine groups is 1. The average Bonchev–Trinajstić information content (AvgIpc) is 3.29. The summed E-state index contributed by atoms with van der Waals surface area (Å²) in [4.78, 5) is 0. The van der Waals surface area contributed by atoms with Crippen LogP contribution in [0.15, 0.2) is 59.8 Å². The predicted octanol–water partition coefficient (Wildman–Crippen LogP) is 3.04. The number of hydrogen-bond acceptors (Lipinski definition) is 6. The maximum atomic E-state index is 5.71. The van der Waals surface area contributed by atoms with Gasteiger partial charge in [-0.05, 0) is 36.2 Å². The molecule has 0 saturated carbocycles. The highest BCUT2D eigenvalue weighted by Crippen LogP contribution is 2.19. The van der Waals surface area contributed by atoms with Gasteiger partial charge in [-0.2, -0.15) is 0 Å². The number of nitrogens with one attached hydrogen (secondary N) is 3. The van der Waals surface area contributed by atoms with E-state index in [1.54, 1.807) is 7.11 Å². The minimum atomic E-state index is 0.625. The summed E-state index contributed by atoms with van der Waals surface area (Å²) in [6.07, 6.45) is 1.88. The van der Waals surface area contributed by atoms with E-state index in [9.17, 15) is 0 Å². The van der Waals surface area contributed by atoms with E-state index in [1.165, 1.54) is 0 Å². The molecular weight excluding hydrogens is 360 g/mol. The highest BCUT2D eigenvalue weighted by atomic mass is 32.1. The van der Waals surface area contributed by atoms with E-state index in [0.29, 0.717) is 11.2 Å². The number of aryl methyl sites for hydroxylation is 1. The van der Waals surface area contributed by atoms with E-state index in [4.69, 9.17) is 17.0 Å². The molecule has 0 amide bonds. The van der Waals surface area contributed by atoms with Crippen LogP contribution in [0.1, 0.15) is 16.7 Å². The van der Waals surface area contributed by atoms with E-state index >= 15 is 0 Å². The zero-order chi connectivity index (χ0) is 18.8. The van der Waals surface area contributed by atoms with Crippen molar-refractivity contribution in [3.05, 3.63) is 76.1 Å². The molecule has 138 valence electrons. The lowest BCUT2D eigenvalue weighted by molar-refractivity contribution is 0.288. The normalized spacial score (nSPS) is 13.4. The molecule has 0 fully saturated rings. The third kappa shape index (κ3) is 3.32. The van der Waals surface area contributed by atoms with E-state index in [1.807, 2.05) is 58.4 Å².